The summed E-state index contributed by atoms with van der Waals surface area (Å²) in [5, 5.41) is 0.594. The molecule has 28 heavy (non-hydrogen) atoms. The second kappa shape index (κ2) is 8.17. The van der Waals surface area contributed by atoms with E-state index in [0.717, 1.165) is 11.1 Å². The van der Waals surface area contributed by atoms with Crippen molar-refractivity contribution < 1.29 is 22.8 Å². The molecular weight excluding hydrogens is 421 g/mol. The SMILES string of the molecule is O=P(O)(O)C(NS(=O)(=O)c1ccc(-c2ccc(Cl)cc2)cc1)c1ccccc1. The summed E-state index contributed by atoms with van der Waals surface area (Å²) >= 11 is 5.87. The zero-order valence-corrected chi connectivity index (χ0v) is 16.9. The molecule has 0 amide bonds. The van der Waals surface area contributed by atoms with Crippen molar-refractivity contribution in [2.75, 3.05) is 0 Å². The van der Waals surface area contributed by atoms with Gasteiger partial charge in [0.05, 0.1) is 4.90 Å². The molecule has 0 aliphatic heterocycles. The highest BCUT2D eigenvalue weighted by Gasteiger charge is 2.34. The van der Waals surface area contributed by atoms with Crippen molar-refractivity contribution in [3.63, 3.8) is 0 Å². The molecule has 0 saturated carbocycles. The first-order chi connectivity index (χ1) is 13.2. The highest BCUT2D eigenvalue weighted by atomic mass is 35.5. The molecule has 3 N–H and O–H groups in total. The van der Waals surface area contributed by atoms with Crippen molar-refractivity contribution in [2.24, 2.45) is 0 Å². The first-order valence-electron chi connectivity index (χ1n) is 8.15. The fourth-order valence-electron chi connectivity index (χ4n) is 2.65. The van der Waals surface area contributed by atoms with Crippen molar-refractivity contribution in [2.45, 2.75) is 10.7 Å². The summed E-state index contributed by atoms with van der Waals surface area (Å²) < 4.78 is 39.4. The summed E-state index contributed by atoms with van der Waals surface area (Å²) in [4.78, 5) is 19.2. The van der Waals surface area contributed by atoms with Gasteiger partial charge in [-0.1, -0.05) is 66.2 Å². The minimum atomic E-state index is -4.78. The van der Waals surface area contributed by atoms with Crippen LogP contribution in [0.5, 0.6) is 0 Å². The number of hydrogen-bond donors (Lipinski definition) is 3. The molecular formula is C19H17ClNO5PS. The van der Waals surface area contributed by atoms with Crippen LogP contribution in [0.4, 0.5) is 0 Å². The van der Waals surface area contributed by atoms with Crippen LogP contribution >= 0.6 is 19.2 Å². The molecule has 0 bridgehead atoms. The molecule has 1 atom stereocenters. The van der Waals surface area contributed by atoms with Crippen LogP contribution in [0, 0.1) is 0 Å². The molecule has 6 nitrogen and oxygen atoms in total. The van der Waals surface area contributed by atoms with Gasteiger partial charge in [0.15, 0.2) is 0 Å². The molecule has 1 unspecified atom stereocenters. The lowest BCUT2D eigenvalue weighted by Gasteiger charge is -2.20. The molecule has 3 rings (SSSR count). The van der Waals surface area contributed by atoms with Gasteiger partial charge in [-0.25, -0.2) is 8.42 Å². The summed E-state index contributed by atoms with van der Waals surface area (Å²) in [6.45, 7) is 0. The fourth-order valence-corrected chi connectivity index (χ4v) is 5.36. The van der Waals surface area contributed by atoms with Gasteiger partial charge in [0.2, 0.25) is 10.0 Å². The van der Waals surface area contributed by atoms with E-state index in [0.29, 0.717) is 5.02 Å². The van der Waals surface area contributed by atoms with Gasteiger partial charge in [-0.15, -0.1) is 0 Å². The maximum Gasteiger partial charge on any atom is 0.347 e. The van der Waals surface area contributed by atoms with Crippen LogP contribution in [0.1, 0.15) is 11.3 Å². The predicted octanol–water partition coefficient (Wildman–Crippen LogP) is 4.16. The summed E-state index contributed by atoms with van der Waals surface area (Å²) in [5.41, 5.74) is 1.82. The molecule has 0 spiro atoms. The Morgan fingerprint density at radius 1 is 0.821 bits per heavy atom. The molecule has 0 heterocycles. The van der Waals surface area contributed by atoms with E-state index in [-0.39, 0.29) is 10.5 Å². The van der Waals surface area contributed by atoms with Crippen LogP contribution < -0.4 is 4.72 Å². The molecule has 0 fully saturated rings. The molecule has 3 aromatic rings. The van der Waals surface area contributed by atoms with Crippen molar-refractivity contribution in [1.29, 1.82) is 0 Å². The largest absolute Gasteiger partial charge is 0.347 e. The smallest absolute Gasteiger partial charge is 0.323 e. The number of nitrogens with one attached hydrogen (secondary N) is 1. The average molecular weight is 438 g/mol. The third-order valence-electron chi connectivity index (χ3n) is 4.06. The van der Waals surface area contributed by atoms with Crippen LogP contribution in [-0.2, 0) is 14.6 Å². The van der Waals surface area contributed by atoms with E-state index in [1.165, 1.54) is 24.3 Å². The van der Waals surface area contributed by atoms with Crippen molar-refractivity contribution in [3.05, 3.63) is 89.4 Å². The van der Waals surface area contributed by atoms with E-state index >= 15 is 0 Å². The van der Waals surface area contributed by atoms with Gasteiger partial charge in [-0.05, 0) is 41.0 Å². The van der Waals surface area contributed by atoms with Crippen molar-refractivity contribution in [1.82, 2.24) is 4.72 Å². The lowest BCUT2D eigenvalue weighted by atomic mass is 10.1. The van der Waals surface area contributed by atoms with Gasteiger partial charge in [0.1, 0.15) is 5.78 Å². The van der Waals surface area contributed by atoms with E-state index in [1.54, 1.807) is 42.5 Å². The van der Waals surface area contributed by atoms with Gasteiger partial charge < -0.3 is 9.79 Å². The second-order valence-electron chi connectivity index (χ2n) is 6.05. The molecule has 0 aromatic heterocycles. The molecule has 146 valence electrons. The fraction of sp³-hybridized carbons (Fsp3) is 0.0526. The number of rotatable bonds is 6. The molecule has 0 radical (unpaired) electrons. The van der Waals surface area contributed by atoms with Gasteiger partial charge in [-0.3, -0.25) is 4.57 Å². The maximum atomic E-state index is 12.7. The monoisotopic (exact) mass is 437 g/mol. The molecule has 0 saturated heterocycles. The number of benzene rings is 3. The van der Waals surface area contributed by atoms with Crippen molar-refractivity contribution >= 4 is 29.2 Å². The minimum absolute atomic E-state index is 0.0976. The van der Waals surface area contributed by atoms with Crippen LogP contribution in [0.15, 0.2) is 83.8 Å². The first kappa shape index (κ1) is 20.7. The van der Waals surface area contributed by atoms with E-state index < -0.39 is 23.4 Å². The van der Waals surface area contributed by atoms with Gasteiger partial charge >= 0.3 is 7.60 Å². The van der Waals surface area contributed by atoms with E-state index in [4.69, 9.17) is 11.6 Å². The standard InChI is InChI=1S/C19H17ClNO5PS/c20-17-10-6-14(7-11-17)15-8-12-18(13-9-15)28(25,26)21-19(27(22,23)24)16-4-2-1-3-5-16/h1-13,19,21H,(H2,22,23,24). The van der Waals surface area contributed by atoms with E-state index in [9.17, 15) is 22.8 Å². The Morgan fingerprint density at radius 2 is 1.32 bits per heavy atom. The van der Waals surface area contributed by atoms with Crippen LogP contribution in [0.25, 0.3) is 11.1 Å². The Bertz CT molecular complexity index is 1100. The van der Waals surface area contributed by atoms with Gasteiger partial charge in [-0.2, -0.15) is 4.72 Å². The molecule has 9 heteroatoms. The Kier molecular flexibility index (Phi) is 6.05. The lowest BCUT2D eigenvalue weighted by molar-refractivity contribution is 0.355. The third kappa shape index (κ3) is 4.89. The summed E-state index contributed by atoms with van der Waals surface area (Å²) in [6.07, 6.45) is 0. The number of hydrogen-bond acceptors (Lipinski definition) is 3. The summed E-state index contributed by atoms with van der Waals surface area (Å²) in [6, 6.07) is 20.8. The molecule has 0 aliphatic carbocycles. The second-order valence-corrected chi connectivity index (χ2v) is 9.90. The number of sulfonamides is 1. The maximum absolute atomic E-state index is 12.7. The Labute approximate surface area is 168 Å². The highest BCUT2D eigenvalue weighted by molar-refractivity contribution is 7.89. The van der Waals surface area contributed by atoms with Gasteiger partial charge in [0.25, 0.3) is 0 Å². The first-order valence-corrected chi connectivity index (χ1v) is 11.7. The third-order valence-corrected chi connectivity index (χ3v) is 7.03. The van der Waals surface area contributed by atoms with Crippen LogP contribution in [0.3, 0.4) is 0 Å². The Balaban J connectivity index is 1.89. The highest BCUT2D eigenvalue weighted by Crippen LogP contribution is 2.50. The summed E-state index contributed by atoms with van der Waals surface area (Å²) in [5.74, 6) is -1.67. The van der Waals surface area contributed by atoms with Crippen LogP contribution in [0.2, 0.25) is 5.02 Å². The van der Waals surface area contributed by atoms with Crippen molar-refractivity contribution in [3.8, 4) is 11.1 Å². The summed E-state index contributed by atoms with van der Waals surface area (Å²) in [7, 11) is -8.94. The average Bonchev–Trinajstić information content (AvgIpc) is 2.67. The Hall–Kier alpha value is -1.99. The van der Waals surface area contributed by atoms with Crippen LogP contribution in [-0.4, -0.2) is 18.2 Å². The normalized spacial score (nSPS) is 13.2. The predicted molar refractivity (Wildman–Crippen MR) is 108 cm³/mol. The molecule has 0 aliphatic rings. The van der Waals surface area contributed by atoms with E-state index in [1.807, 2.05) is 12.1 Å². The van der Waals surface area contributed by atoms with Gasteiger partial charge in [0, 0.05) is 5.02 Å². The zero-order valence-electron chi connectivity index (χ0n) is 14.4. The quantitative estimate of drug-likeness (QED) is 0.502. The zero-order chi connectivity index (χ0) is 20.4. The minimum Gasteiger partial charge on any atom is -0.323 e. The lowest BCUT2D eigenvalue weighted by Crippen LogP contribution is -2.28. The van der Waals surface area contributed by atoms with E-state index in [2.05, 4.69) is 4.72 Å². The number of halogens is 1. The Morgan fingerprint density at radius 3 is 1.82 bits per heavy atom. The molecule has 3 aromatic carbocycles. The topological polar surface area (TPSA) is 104 Å².